The molecule has 1 aliphatic rings. The predicted molar refractivity (Wildman–Crippen MR) is 72.5 cm³/mol. The third-order valence-electron chi connectivity index (χ3n) is 3.36. The topological polar surface area (TPSA) is 166 Å². The number of alkyl halides is 1. The first-order valence-corrected chi connectivity index (χ1v) is 7.91. The number of aromatic nitrogens is 4. The van der Waals surface area contributed by atoms with Crippen LogP contribution in [-0.4, -0.2) is 59.4 Å². The lowest BCUT2D eigenvalue weighted by Gasteiger charge is -2.16. The summed E-state index contributed by atoms with van der Waals surface area (Å²) in [6.45, 7) is -0.719. The number of aliphatic hydroxyl groups excluding tert-OH is 1. The number of nitrogens with zero attached hydrogens (tertiary/aromatic N) is 4. The molecule has 1 aliphatic heterocycles. The number of rotatable bonds is 4. The number of hydrogen-bond donors (Lipinski definition) is 4. The lowest BCUT2D eigenvalue weighted by molar-refractivity contribution is -0.0489. The van der Waals surface area contributed by atoms with E-state index in [0.29, 0.717) is 0 Å². The molecule has 5 N–H and O–H groups in total. The summed E-state index contributed by atoms with van der Waals surface area (Å²) < 4.78 is 35.6. The van der Waals surface area contributed by atoms with Crippen molar-refractivity contribution >= 4 is 24.8 Å². The zero-order valence-electron chi connectivity index (χ0n) is 11.4. The Balaban J connectivity index is 1.85. The molecule has 0 amide bonds. The number of ether oxygens (including phenoxy) is 1. The number of imidazole rings is 1. The average molecular weight is 349 g/mol. The number of aliphatic hydroxyl groups is 1. The van der Waals surface area contributed by atoms with E-state index in [1.807, 2.05) is 0 Å². The normalized spacial score (nSPS) is 28.5. The fourth-order valence-corrected chi connectivity index (χ4v) is 2.64. The summed E-state index contributed by atoms with van der Waals surface area (Å²) in [5.74, 6) is 0.111. The Morgan fingerprint density at radius 1 is 1.43 bits per heavy atom. The Bertz CT molecular complexity index is 767. The van der Waals surface area contributed by atoms with Gasteiger partial charge in [-0.3, -0.25) is 9.09 Å². The molecule has 126 valence electrons. The van der Waals surface area contributed by atoms with Gasteiger partial charge in [0.2, 0.25) is 0 Å². The molecule has 0 spiro atoms. The number of phosphoric acid groups is 1. The number of halogens is 1. The van der Waals surface area contributed by atoms with Gasteiger partial charge in [-0.25, -0.2) is 23.9 Å². The Morgan fingerprint density at radius 3 is 2.87 bits per heavy atom. The smallest absolute Gasteiger partial charge is 0.385 e. The van der Waals surface area contributed by atoms with Gasteiger partial charge in [0.25, 0.3) is 0 Å². The van der Waals surface area contributed by atoms with Crippen LogP contribution in [0.15, 0.2) is 12.7 Å². The van der Waals surface area contributed by atoms with Crippen molar-refractivity contribution in [3.8, 4) is 0 Å². The maximum Gasteiger partial charge on any atom is 0.469 e. The molecule has 1 unspecified atom stereocenters. The largest absolute Gasteiger partial charge is 0.469 e. The van der Waals surface area contributed by atoms with Gasteiger partial charge in [0, 0.05) is 0 Å². The molecule has 2 aromatic heterocycles. The van der Waals surface area contributed by atoms with E-state index in [0.717, 1.165) is 0 Å². The van der Waals surface area contributed by atoms with Crippen LogP contribution in [-0.2, 0) is 13.8 Å². The number of nitrogen functional groups attached to an aromatic ring is 1. The van der Waals surface area contributed by atoms with E-state index in [1.54, 1.807) is 0 Å². The van der Waals surface area contributed by atoms with Crippen LogP contribution in [0, 0.1) is 0 Å². The van der Waals surface area contributed by atoms with Gasteiger partial charge >= 0.3 is 7.82 Å². The summed E-state index contributed by atoms with van der Waals surface area (Å²) in [6.07, 6.45) is -3.65. The standard InChI is InChI=1S/C10H13FN5O6P/c11-5-4(1-21-23(18,19)20)22-10(7(5)17)16-3-15-6-8(12)13-2-14-9(6)16/h2-5,7,10,17H,1H2,(H2,12,13,14)(H2,18,19,20)/t4-,5?,7+,10-/m1/s1. The minimum absolute atomic E-state index is 0.111. The molecule has 3 rings (SSSR count). The molecule has 1 saturated heterocycles. The van der Waals surface area contributed by atoms with Gasteiger partial charge in [0.1, 0.15) is 24.1 Å². The third-order valence-corrected chi connectivity index (χ3v) is 3.84. The van der Waals surface area contributed by atoms with Crippen molar-refractivity contribution in [3.05, 3.63) is 12.7 Å². The lowest BCUT2D eigenvalue weighted by Crippen LogP contribution is -2.30. The Morgan fingerprint density at radius 2 is 2.17 bits per heavy atom. The molecule has 0 bridgehead atoms. The first-order chi connectivity index (χ1) is 10.8. The number of phosphoric ester groups is 1. The van der Waals surface area contributed by atoms with Crippen LogP contribution in [0.25, 0.3) is 11.2 Å². The minimum atomic E-state index is -4.77. The van der Waals surface area contributed by atoms with E-state index in [-0.39, 0.29) is 17.0 Å². The monoisotopic (exact) mass is 349 g/mol. The van der Waals surface area contributed by atoms with E-state index in [9.17, 15) is 14.1 Å². The van der Waals surface area contributed by atoms with Crippen LogP contribution in [0.3, 0.4) is 0 Å². The number of nitrogens with two attached hydrogens (primary N) is 1. The van der Waals surface area contributed by atoms with Crippen molar-refractivity contribution in [3.63, 3.8) is 0 Å². The van der Waals surface area contributed by atoms with E-state index in [1.165, 1.54) is 17.2 Å². The van der Waals surface area contributed by atoms with Crippen LogP contribution < -0.4 is 5.73 Å². The van der Waals surface area contributed by atoms with Crippen LogP contribution in [0.5, 0.6) is 0 Å². The van der Waals surface area contributed by atoms with Crippen molar-refractivity contribution in [2.24, 2.45) is 0 Å². The zero-order chi connectivity index (χ0) is 16.8. The Hall–Kier alpha value is -1.69. The molecule has 13 heteroatoms. The average Bonchev–Trinajstić information content (AvgIpc) is 3.01. The summed E-state index contributed by atoms with van der Waals surface area (Å²) in [5, 5.41) is 9.99. The fraction of sp³-hybridized carbons (Fsp3) is 0.500. The van der Waals surface area contributed by atoms with Crippen molar-refractivity contribution in [2.75, 3.05) is 12.3 Å². The molecule has 1 fully saturated rings. The van der Waals surface area contributed by atoms with Crippen LogP contribution in [0.4, 0.5) is 10.2 Å². The van der Waals surface area contributed by atoms with Crippen molar-refractivity contribution < 1.29 is 33.1 Å². The number of fused-ring (bicyclic) bond motifs is 1. The van der Waals surface area contributed by atoms with E-state index < -0.39 is 39.0 Å². The van der Waals surface area contributed by atoms with E-state index >= 15 is 0 Å². The minimum Gasteiger partial charge on any atom is -0.385 e. The zero-order valence-corrected chi connectivity index (χ0v) is 12.3. The summed E-state index contributed by atoms with van der Waals surface area (Å²) in [5.41, 5.74) is 6.13. The summed E-state index contributed by atoms with van der Waals surface area (Å²) in [4.78, 5) is 29.0. The van der Waals surface area contributed by atoms with Gasteiger partial charge < -0.3 is 25.4 Å². The van der Waals surface area contributed by atoms with Gasteiger partial charge in [-0.1, -0.05) is 0 Å². The van der Waals surface area contributed by atoms with Gasteiger partial charge in [0.15, 0.2) is 23.9 Å². The van der Waals surface area contributed by atoms with Crippen LogP contribution >= 0.6 is 7.82 Å². The summed E-state index contributed by atoms with van der Waals surface area (Å²) in [7, 11) is -4.77. The molecule has 3 heterocycles. The summed E-state index contributed by atoms with van der Waals surface area (Å²) in [6, 6.07) is 0. The predicted octanol–water partition coefficient (Wildman–Crippen LogP) is -0.886. The quantitative estimate of drug-likeness (QED) is 0.509. The Kier molecular flexibility index (Phi) is 4.04. The second-order valence-electron chi connectivity index (χ2n) is 4.87. The van der Waals surface area contributed by atoms with Crippen molar-refractivity contribution in [1.29, 1.82) is 0 Å². The van der Waals surface area contributed by atoms with Crippen molar-refractivity contribution in [2.45, 2.75) is 24.6 Å². The van der Waals surface area contributed by atoms with Gasteiger partial charge in [0.05, 0.1) is 12.9 Å². The highest BCUT2D eigenvalue weighted by Gasteiger charge is 2.46. The number of anilines is 1. The molecule has 4 atom stereocenters. The maximum atomic E-state index is 14.1. The molecule has 0 saturated carbocycles. The molecular weight excluding hydrogens is 336 g/mol. The van der Waals surface area contributed by atoms with Crippen LogP contribution in [0.2, 0.25) is 0 Å². The first kappa shape index (κ1) is 16.2. The van der Waals surface area contributed by atoms with E-state index in [2.05, 4.69) is 19.5 Å². The second kappa shape index (κ2) is 5.74. The van der Waals surface area contributed by atoms with E-state index in [4.69, 9.17) is 20.3 Å². The van der Waals surface area contributed by atoms with Gasteiger partial charge in [-0.2, -0.15) is 0 Å². The number of hydrogen-bond acceptors (Lipinski definition) is 8. The van der Waals surface area contributed by atoms with Gasteiger partial charge in [-0.15, -0.1) is 0 Å². The lowest BCUT2D eigenvalue weighted by atomic mass is 10.1. The molecular formula is C10H13FN5O6P. The molecule has 2 aromatic rings. The first-order valence-electron chi connectivity index (χ1n) is 6.38. The maximum absolute atomic E-state index is 14.1. The highest BCUT2D eigenvalue weighted by molar-refractivity contribution is 7.46. The highest BCUT2D eigenvalue weighted by Crippen LogP contribution is 2.39. The molecule has 0 aromatic carbocycles. The molecule has 0 radical (unpaired) electrons. The molecule has 11 nitrogen and oxygen atoms in total. The van der Waals surface area contributed by atoms with Crippen LogP contribution in [0.1, 0.15) is 6.23 Å². The second-order valence-corrected chi connectivity index (χ2v) is 6.11. The third kappa shape index (κ3) is 3.04. The summed E-state index contributed by atoms with van der Waals surface area (Å²) >= 11 is 0. The fourth-order valence-electron chi connectivity index (χ4n) is 2.30. The van der Waals surface area contributed by atoms with Crippen molar-refractivity contribution in [1.82, 2.24) is 19.5 Å². The Labute approximate surface area is 128 Å². The highest BCUT2D eigenvalue weighted by atomic mass is 31.2. The SMILES string of the molecule is Nc1ncnc2c1ncn2[C@@H]1O[C@H](COP(=O)(O)O)C(F)[C@@H]1O. The molecule has 0 aliphatic carbocycles. The van der Waals surface area contributed by atoms with Gasteiger partial charge in [-0.05, 0) is 0 Å². The molecule has 23 heavy (non-hydrogen) atoms.